The van der Waals surface area contributed by atoms with E-state index in [1.165, 1.54) is 16.4 Å². The van der Waals surface area contributed by atoms with Gasteiger partial charge in [-0.25, -0.2) is 0 Å². The van der Waals surface area contributed by atoms with Crippen LogP contribution in [0.5, 0.6) is 0 Å². The Morgan fingerprint density at radius 3 is 2.16 bits per heavy atom. The third-order valence-electron chi connectivity index (χ3n) is 7.63. The zero-order valence-corrected chi connectivity index (χ0v) is 22.5. The molecule has 7 nitrogen and oxygen atoms in total. The highest BCUT2D eigenvalue weighted by atomic mass is 28.4. The molecule has 0 bridgehead atoms. The molecular formula is C29H33N3O4Si. The first-order valence-electron chi connectivity index (χ1n) is 12.7. The summed E-state index contributed by atoms with van der Waals surface area (Å²) in [4.78, 5) is 10.9. The molecule has 1 aromatic heterocycles. The topological polar surface area (TPSA) is 90.4 Å². The van der Waals surface area contributed by atoms with Crippen molar-refractivity contribution in [1.82, 2.24) is 9.78 Å². The number of benzene rings is 3. The molecule has 0 amide bonds. The average Bonchev–Trinajstić information content (AvgIpc) is 3.27. The van der Waals surface area contributed by atoms with E-state index >= 15 is 0 Å². The first-order valence-corrected chi connectivity index (χ1v) is 14.7. The Balaban J connectivity index is 1.36. The monoisotopic (exact) mass is 515 g/mol. The molecule has 0 spiro atoms. The first-order chi connectivity index (χ1) is 17.7. The number of hydrogen-bond donors (Lipinski definition) is 1. The lowest BCUT2D eigenvalue weighted by Gasteiger charge is -2.45. The molecule has 0 aliphatic heterocycles. The second-order valence-corrected chi connectivity index (χ2v) is 15.3. The van der Waals surface area contributed by atoms with E-state index < -0.39 is 13.2 Å². The highest BCUT2D eigenvalue weighted by molar-refractivity contribution is 6.99. The number of nitro benzene ring substituents is 1. The second kappa shape index (κ2) is 9.85. The number of aliphatic hydroxyl groups is 1. The molecule has 0 atom stereocenters. The summed E-state index contributed by atoms with van der Waals surface area (Å²) in [6.45, 7) is 7.17. The van der Waals surface area contributed by atoms with E-state index in [0.717, 1.165) is 18.2 Å². The molecule has 4 aromatic rings. The maximum atomic E-state index is 11.4. The van der Waals surface area contributed by atoms with Gasteiger partial charge in [-0.15, -0.1) is 0 Å². The van der Waals surface area contributed by atoms with Crippen molar-refractivity contribution in [2.24, 2.45) is 5.92 Å². The Hall–Kier alpha value is -3.33. The third-order valence-corrected chi connectivity index (χ3v) is 12.6. The molecule has 0 saturated heterocycles. The zero-order chi connectivity index (χ0) is 26.2. The fourth-order valence-electron chi connectivity index (χ4n) is 5.66. The van der Waals surface area contributed by atoms with Gasteiger partial charge in [0, 0.05) is 24.3 Å². The summed E-state index contributed by atoms with van der Waals surface area (Å²) in [5.41, 5.74) is 0.884. The van der Waals surface area contributed by atoms with Crippen LogP contribution in [0.25, 0.3) is 10.9 Å². The van der Waals surface area contributed by atoms with E-state index in [2.05, 4.69) is 86.5 Å². The molecule has 192 valence electrons. The molecule has 0 unspecified atom stereocenters. The minimum atomic E-state index is -2.56. The van der Waals surface area contributed by atoms with E-state index in [4.69, 9.17) is 4.43 Å². The van der Waals surface area contributed by atoms with E-state index in [9.17, 15) is 15.2 Å². The lowest BCUT2D eigenvalue weighted by molar-refractivity contribution is -0.385. The number of aliphatic hydroxyl groups excluding tert-OH is 1. The Kier molecular flexibility index (Phi) is 6.74. The van der Waals surface area contributed by atoms with E-state index in [1.807, 2.05) is 10.9 Å². The van der Waals surface area contributed by atoms with Crippen LogP contribution in [0.4, 0.5) is 5.69 Å². The minimum absolute atomic E-state index is 0.0578. The third kappa shape index (κ3) is 4.61. The summed E-state index contributed by atoms with van der Waals surface area (Å²) in [5.74, 6) is 0.418. The molecule has 3 aromatic carbocycles. The van der Waals surface area contributed by atoms with Crippen LogP contribution in [-0.4, -0.2) is 34.7 Å². The van der Waals surface area contributed by atoms with Crippen molar-refractivity contribution in [3.05, 3.63) is 94.7 Å². The van der Waals surface area contributed by atoms with Gasteiger partial charge in [-0.1, -0.05) is 81.4 Å². The second-order valence-electron chi connectivity index (χ2n) is 11.0. The van der Waals surface area contributed by atoms with E-state index in [0.29, 0.717) is 18.0 Å². The van der Waals surface area contributed by atoms with Crippen molar-refractivity contribution in [2.45, 2.75) is 51.3 Å². The van der Waals surface area contributed by atoms with Crippen molar-refractivity contribution in [3.63, 3.8) is 0 Å². The van der Waals surface area contributed by atoms with Gasteiger partial charge < -0.3 is 9.53 Å². The molecule has 1 heterocycles. The van der Waals surface area contributed by atoms with Crippen molar-refractivity contribution < 1.29 is 14.5 Å². The molecule has 1 aliphatic carbocycles. The van der Waals surface area contributed by atoms with Gasteiger partial charge in [0.05, 0.1) is 28.7 Å². The molecule has 0 radical (unpaired) electrons. The quantitative estimate of drug-likeness (QED) is 0.203. The molecule has 5 rings (SSSR count). The Labute approximate surface area is 218 Å². The Morgan fingerprint density at radius 1 is 1.05 bits per heavy atom. The van der Waals surface area contributed by atoms with Crippen LogP contribution in [0.3, 0.4) is 0 Å². The van der Waals surface area contributed by atoms with Crippen LogP contribution in [-0.2, 0) is 11.0 Å². The van der Waals surface area contributed by atoms with Gasteiger partial charge in [0.25, 0.3) is 14.0 Å². The largest absolute Gasteiger partial charge is 0.407 e. The fourth-order valence-corrected chi connectivity index (χ4v) is 10.3. The summed E-state index contributed by atoms with van der Waals surface area (Å²) < 4.78 is 9.02. The summed E-state index contributed by atoms with van der Waals surface area (Å²) in [6, 6.07) is 24.7. The summed E-state index contributed by atoms with van der Waals surface area (Å²) in [5, 5.41) is 28.8. The lowest BCUT2D eigenvalue weighted by atomic mass is 9.81. The molecule has 8 heteroatoms. The van der Waals surface area contributed by atoms with Gasteiger partial charge in [-0.3, -0.25) is 14.8 Å². The number of nitrogens with zero attached hydrogens (tertiary/aromatic N) is 3. The number of fused-ring (bicyclic) bond motifs is 1. The van der Waals surface area contributed by atoms with Crippen molar-refractivity contribution in [3.8, 4) is 0 Å². The van der Waals surface area contributed by atoms with Crippen LogP contribution in [0.1, 0.15) is 45.2 Å². The summed E-state index contributed by atoms with van der Waals surface area (Å²) >= 11 is 0. The van der Waals surface area contributed by atoms with Gasteiger partial charge in [0.2, 0.25) is 0 Å². The average molecular weight is 516 g/mol. The molecule has 1 aliphatic rings. The van der Waals surface area contributed by atoms with Crippen molar-refractivity contribution in [1.29, 1.82) is 0 Å². The lowest BCUT2D eigenvalue weighted by Crippen LogP contribution is -2.67. The molecular weight excluding hydrogens is 482 g/mol. The molecule has 1 N–H and O–H groups in total. The van der Waals surface area contributed by atoms with E-state index in [-0.39, 0.29) is 28.9 Å². The van der Waals surface area contributed by atoms with Crippen LogP contribution in [0.15, 0.2) is 79.0 Å². The number of hydrogen-bond acceptors (Lipinski definition) is 5. The van der Waals surface area contributed by atoms with Gasteiger partial charge >= 0.3 is 0 Å². The number of rotatable bonds is 8. The van der Waals surface area contributed by atoms with Crippen LogP contribution < -0.4 is 10.4 Å². The molecule has 37 heavy (non-hydrogen) atoms. The predicted octanol–water partition coefficient (Wildman–Crippen LogP) is 4.96. The Morgan fingerprint density at radius 2 is 1.65 bits per heavy atom. The Bertz CT molecular complexity index is 1350. The van der Waals surface area contributed by atoms with Gasteiger partial charge in [0.15, 0.2) is 0 Å². The maximum absolute atomic E-state index is 11.4. The smallest absolute Gasteiger partial charge is 0.275 e. The first kappa shape index (κ1) is 25.3. The molecule has 1 fully saturated rings. The van der Waals surface area contributed by atoms with Crippen LogP contribution in [0, 0.1) is 16.0 Å². The highest BCUT2D eigenvalue weighted by Crippen LogP contribution is 2.42. The van der Waals surface area contributed by atoms with Crippen LogP contribution >= 0.6 is 0 Å². The fraction of sp³-hybridized carbons (Fsp3) is 0.345. The van der Waals surface area contributed by atoms with Crippen molar-refractivity contribution >= 4 is 35.3 Å². The van der Waals surface area contributed by atoms with Crippen LogP contribution in [0.2, 0.25) is 5.04 Å². The SMILES string of the molecule is CC(C)(C)[Si](OCC1CC(n2cc3cc([N+](=O)[O-])c(CO)cc3n2)C1)(c1ccccc1)c1ccccc1. The zero-order valence-electron chi connectivity index (χ0n) is 21.5. The predicted molar refractivity (Wildman–Crippen MR) is 148 cm³/mol. The van der Waals surface area contributed by atoms with Gasteiger partial charge in [-0.2, -0.15) is 5.10 Å². The van der Waals surface area contributed by atoms with Crippen molar-refractivity contribution in [2.75, 3.05) is 6.61 Å². The van der Waals surface area contributed by atoms with E-state index in [1.54, 1.807) is 6.07 Å². The molecule has 1 saturated carbocycles. The van der Waals surface area contributed by atoms with Gasteiger partial charge in [-0.05, 0) is 40.2 Å². The van der Waals surface area contributed by atoms with Gasteiger partial charge in [0.1, 0.15) is 0 Å². The standard InChI is InChI=1S/C29H33N3O4Si/c1-29(2,3)37(25-10-6-4-7-11-25,26-12-8-5-9-13-26)36-20-21-14-24(15-21)31-18-22-17-28(32(34)35)23(19-33)16-27(22)30-31/h4-13,16-18,21,24,33H,14-15,19-20H2,1-3H3. The highest BCUT2D eigenvalue weighted by Gasteiger charge is 2.50. The summed E-state index contributed by atoms with van der Waals surface area (Å²) in [6.07, 6.45) is 3.77. The number of aromatic nitrogens is 2. The normalized spacial score (nSPS) is 18.1. The number of nitro groups is 1. The summed E-state index contributed by atoms with van der Waals surface area (Å²) in [7, 11) is -2.56. The maximum Gasteiger partial charge on any atom is 0.275 e. The minimum Gasteiger partial charge on any atom is -0.407 e.